The zero-order valence-corrected chi connectivity index (χ0v) is 19.1. The van der Waals surface area contributed by atoms with Gasteiger partial charge in [0.25, 0.3) is 0 Å². The highest BCUT2D eigenvalue weighted by molar-refractivity contribution is 9.10. The second-order valence-corrected chi connectivity index (χ2v) is 7.81. The van der Waals surface area contributed by atoms with Gasteiger partial charge < -0.3 is 9.72 Å². The molecule has 148 valence electrons. The van der Waals surface area contributed by atoms with Gasteiger partial charge in [0.2, 0.25) is 0 Å². The standard InChI is InChI=1S/C20H19BrN2O2S.C2H6/c1-4-7-22-11-12(2)13-5-6-14(15(21)8-13)16-9-18-17(23-16)10-19(26-18)20(24)25-3;1-2/h4-12,23H,1-3H3;1-2H3/b7-4-,22-11?;. The van der Waals surface area contributed by atoms with Gasteiger partial charge >= 0.3 is 5.97 Å². The van der Waals surface area contributed by atoms with E-state index in [2.05, 4.69) is 57.1 Å². The van der Waals surface area contributed by atoms with Gasteiger partial charge in [0.1, 0.15) is 4.88 Å². The van der Waals surface area contributed by atoms with Crippen LogP contribution in [0.4, 0.5) is 0 Å². The molecule has 6 heteroatoms. The zero-order valence-electron chi connectivity index (χ0n) is 16.7. The largest absolute Gasteiger partial charge is 0.465 e. The smallest absolute Gasteiger partial charge is 0.348 e. The van der Waals surface area contributed by atoms with Crippen LogP contribution in [0, 0.1) is 0 Å². The van der Waals surface area contributed by atoms with Gasteiger partial charge in [0, 0.05) is 34.1 Å². The molecule has 1 atom stereocenters. The Bertz CT molecular complexity index is 970. The number of ether oxygens (including phenoxy) is 1. The summed E-state index contributed by atoms with van der Waals surface area (Å²) in [6.45, 7) is 8.07. The highest BCUT2D eigenvalue weighted by Gasteiger charge is 2.15. The van der Waals surface area contributed by atoms with Gasteiger partial charge in [-0.05, 0) is 30.7 Å². The van der Waals surface area contributed by atoms with Gasteiger partial charge in [-0.15, -0.1) is 11.3 Å². The predicted molar refractivity (Wildman–Crippen MR) is 124 cm³/mol. The SMILES string of the molecule is C/C=C\N=CC(C)c1ccc(-c2cc3sc(C(=O)OC)cc3[nH]2)c(Br)c1.CC. The first kappa shape index (κ1) is 22.1. The number of benzene rings is 1. The van der Waals surface area contributed by atoms with Crippen LogP contribution in [0.2, 0.25) is 0 Å². The lowest BCUT2D eigenvalue weighted by atomic mass is 10.00. The number of aromatic amines is 1. The van der Waals surface area contributed by atoms with Crippen molar-refractivity contribution in [3.05, 3.63) is 57.5 Å². The Kier molecular flexibility index (Phi) is 8.20. The minimum Gasteiger partial charge on any atom is -0.465 e. The van der Waals surface area contributed by atoms with Crippen molar-refractivity contribution in [1.29, 1.82) is 0 Å². The average molecular weight is 461 g/mol. The number of allylic oxidation sites excluding steroid dienone is 1. The van der Waals surface area contributed by atoms with E-state index in [9.17, 15) is 4.79 Å². The molecule has 0 radical (unpaired) electrons. The fraction of sp³-hybridized carbons (Fsp3) is 0.273. The number of carbonyl (C=O) groups is 1. The second kappa shape index (κ2) is 10.4. The molecule has 0 saturated heterocycles. The molecule has 0 saturated carbocycles. The summed E-state index contributed by atoms with van der Waals surface area (Å²) in [4.78, 5) is 19.9. The van der Waals surface area contributed by atoms with Gasteiger partial charge in [0.15, 0.2) is 0 Å². The summed E-state index contributed by atoms with van der Waals surface area (Å²) in [5.74, 6) is -0.0773. The van der Waals surface area contributed by atoms with Gasteiger partial charge in [-0.3, -0.25) is 4.99 Å². The molecule has 0 fully saturated rings. The number of aromatic nitrogens is 1. The van der Waals surface area contributed by atoms with Crippen LogP contribution in [-0.2, 0) is 4.74 Å². The molecule has 0 spiro atoms. The predicted octanol–water partition coefficient (Wildman–Crippen LogP) is 7.18. The van der Waals surface area contributed by atoms with Crippen molar-refractivity contribution in [2.45, 2.75) is 33.6 Å². The first-order chi connectivity index (χ1) is 13.5. The first-order valence-corrected chi connectivity index (χ1v) is 10.8. The Labute approximate surface area is 178 Å². The molecule has 2 heterocycles. The number of carbonyl (C=O) groups excluding carboxylic acids is 1. The van der Waals surface area contributed by atoms with Crippen LogP contribution in [0.1, 0.15) is 48.8 Å². The Hall–Kier alpha value is -2.18. The quantitative estimate of drug-likeness (QED) is 0.323. The second-order valence-electron chi connectivity index (χ2n) is 5.87. The number of thiophene rings is 1. The summed E-state index contributed by atoms with van der Waals surface area (Å²) in [6.07, 6.45) is 5.62. The van der Waals surface area contributed by atoms with E-state index in [1.165, 1.54) is 24.0 Å². The highest BCUT2D eigenvalue weighted by atomic mass is 79.9. The number of hydrogen-bond donors (Lipinski definition) is 1. The Morgan fingerprint density at radius 3 is 2.64 bits per heavy atom. The van der Waals surface area contributed by atoms with Crippen LogP contribution in [0.15, 0.2) is 52.1 Å². The van der Waals surface area contributed by atoms with Crippen LogP contribution < -0.4 is 0 Å². The maximum atomic E-state index is 11.6. The number of esters is 1. The fourth-order valence-electron chi connectivity index (χ4n) is 2.65. The third kappa shape index (κ3) is 5.00. The number of halogens is 1. The summed E-state index contributed by atoms with van der Waals surface area (Å²) in [7, 11) is 1.39. The van der Waals surface area contributed by atoms with Gasteiger partial charge in [0.05, 0.1) is 17.3 Å². The topological polar surface area (TPSA) is 54.4 Å². The van der Waals surface area contributed by atoms with Crippen molar-refractivity contribution < 1.29 is 9.53 Å². The summed E-state index contributed by atoms with van der Waals surface area (Å²) >= 11 is 5.10. The lowest BCUT2D eigenvalue weighted by Crippen LogP contribution is -1.96. The Morgan fingerprint density at radius 1 is 1.29 bits per heavy atom. The maximum absolute atomic E-state index is 11.6. The fourth-order valence-corrected chi connectivity index (χ4v) is 4.24. The van der Waals surface area contributed by atoms with Gasteiger partial charge in [-0.2, -0.15) is 0 Å². The van der Waals surface area contributed by atoms with Crippen LogP contribution >= 0.6 is 27.3 Å². The van der Waals surface area contributed by atoms with E-state index in [0.717, 1.165) is 25.9 Å². The summed E-state index contributed by atoms with van der Waals surface area (Å²) in [5, 5.41) is 0. The summed E-state index contributed by atoms with van der Waals surface area (Å²) in [6, 6.07) is 10.2. The van der Waals surface area contributed by atoms with Crippen LogP contribution in [0.5, 0.6) is 0 Å². The minimum absolute atomic E-state index is 0.228. The van der Waals surface area contributed by atoms with Crippen molar-refractivity contribution in [1.82, 2.24) is 4.98 Å². The highest BCUT2D eigenvalue weighted by Crippen LogP contribution is 2.35. The van der Waals surface area contributed by atoms with E-state index in [-0.39, 0.29) is 11.9 Å². The summed E-state index contributed by atoms with van der Waals surface area (Å²) < 4.78 is 6.82. The zero-order chi connectivity index (χ0) is 20.7. The van der Waals surface area contributed by atoms with E-state index in [4.69, 9.17) is 4.74 Å². The molecule has 1 unspecified atom stereocenters. The molecule has 0 bridgehead atoms. The molecular formula is C22H25BrN2O2S. The van der Waals surface area contributed by atoms with E-state index >= 15 is 0 Å². The molecule has 1 N–H and O–H groups in total. The monoisotopic (exact) mass is 460 g/mol. The number of hydrogen-bond acceptors (Lipinski definition) is 4. The van der Waals surface area contributed by atoms with Crippen molar-refractivity contribution in [2.75, 3.05) is 7.11 Å². The average Bonchev–Trinajstić information content (AvgIpc) is 3.28. The molecule has 2 aromatic heterocycles. The van der Waals surface area contributed by atoms with Crippen molar-refractivity contribution >= 4 is 49.7 Å². The van der Waals surface area contributed by atoms with Crippen LogP contribution in [-0.4, -0.2) is 24.3 Å². The number of rotatable bonds is 5. The van der Waals surface area contributed by atoms with Crippen molar-refractivity contribution in [2.24, 2.45) is 4.99 Å². The van der Waals surface area contributed by atoms with Crippen LogP contribution in [0.25, 0.3) is 21.5 Å². The molecular weight excluding hydrogens is 436 g/mol. The molecule has 3 rings (SSSR count). The third-order valence-electron chi connectivity index (χ3n) is 4.05. The molecule has 0 aliphatic heterocycles. The molecule has 28 heavy (non-hydrogen) atoms. The van der Waals surface area contributed by atoms with Crippen molar-refractivity contribution in [3.8, 4) is 11.3 Å². The van der Waals surface area contributed by atoms with E-state index in [1.807, 2.05) is 39.1 Å². The third-order valence-corrected chi connectivity index (χ3v) is 5.76. The lowest BCUT2D eigenvalue weighted by Gasteiger charge is -2.09. The number of H-pyrrole nitrogens is 1. The van der Waals surface area contributed by atoms with E-state index in [1.54, 1.807) is 6.20 Å². The van der Waals surface area contributed by atoms with Gasteiger partial charge in [-0.25, -0.2) is 4.79 Å². The normalized spacial score (nSPS) is 12.4. The lowest BCUT2D eigenvalue weighted by molar-refractivity contribution is 0.0606. The number of nitrogens with zero attached hydrogens (tertiary/aromatic N) is 1. The summed E-state index contributed by atoms with van der Waals surface area (Å²) in [5.41, 5.74) is 4.22. The Morgan fingerprint density at radius 2 is 2.04 bits per heavy atom. The van der Waals surface area contributed by atoms with Gasteiger partial charge in [-0.1, -0.05) is 54.9 Å². The first-order valence-electron chi connectivity index (χ1n) is 9.18. The molecule has 3 aromatic rings. The molecule has 1 aromatic carbocycles. The van der Waals surface area contributed by atoms with Crippen molar-refractivity contribution in [3.63, 3.8) is 0 Å². The Balaban J connectivity index is 0.00000136. The number of methoxy groups -OCH3 is 1. The van der Waals surface area contributed by atoms with Crippen LogP contribution in [0.3, 0.4) is 0 Å². The van der Waals surface area contributed by atoms with E-state index < -0.39 is 0 Å². The molecule has 0 aliphatic carbocycles. The minimum atomic E-state index is -0.305. The number of fused-ring (bicyclic) bond motifs is 1. The molecule has 0 aliphatic rings. The molecule has 0 amide bonds. The number of aliphatic imine (C=N–C) groups is 1. The number of nitrogens with one attached hydrogen (secondary N) is 1. The molecule has 4 nitrogen and oxygen atoms in total. The van der Waals surface area contributed by atoms with E-state index in [0.29, 0.717) is 4.88 Å². The maximum Gasteiger partial charge on any atom is 0.348 e.